The van der Waals surface area contributed by atoms with Gasteiger partial charge in [-0.15, -0.1) is 10.2 Å². The summed E-state index contributed by atoms with van der Waals surface area (Å²) in [5.74, 6) is 1.54. The van der Waals surface area contributed by atoms with Crippen LogP contribution < -0.4 is 10.6 Å². The van der Waals surface area contributed by atoms with Crippen LogP contribution in [0, 0.1) is 20.8 Å². The van der Waals surface area contributed by atoms with E-state index in [1.165, 1.54) is 17.4 Å². The van der Waals surface area contributed by atoms with Crippen LogP contribution in [0.3, 0.4) is 0 Å². The maximum atomic E-state index is 12.4. The van der Waals surface area contributed by atoms with Gasteiger partial charge in [-0.3, -0.25) is 10.1 Å². The van der Waals surface area contributed by atoms with E-state index in [-0.39, 0.29) is 11.0 Å². The molecule has 3 heterocycles. The molecule has 37 heavy (non-hydrogen) atoms. The summed E-state index contributed by atoms with van der Waals surface area (Å²) in [4.78, 5) is 13.2. The van der Waals surface area contributed by atoms with Crippen LogP contribution in [0.2, 0.25) is 5.02 Å². The molecular formula is C26H21ClN6O2S2. The van der Waals surface area contributed by atoms with Crippen molar-refractivity contribution in [3.05, 3.63) is 82.3 Å². The first kappa shape index (κ1) is 24.8. The van der Waals surface area contributed by atoms with E-state index in [2.05, 4.69) is 25.9 Å². The van der Waals surface area contributed by atoms with Crippen molar-refractivity contribution in [1.82, 2.24) is 25.1 Å². The van der Waals surface area contributed by atoms with E-state index in [9.17, 15) is 4.79 Å². The maximum Gasteiger partial charge on any atom is 0.250 e. The quantitative estimate of drug-likeness (QED) is 0.199. The lowest BCUT2D eigenvalue weighted by Gasteiger charge is -2.12. The van der Waals surface area contributed by atoms with Crippen LogP contribution in [0.4, 0.5) is 5.69 Å². The molecule has 186 valence electrons. The Hall–Kier alpha value is -3.86. The Morgan fingerprint density at radius 1 is 1.05 bits per heavy atom. The van der Waals surface area contributed by atoms with Crippen LogP contribution in [0.15, 0.2) is 59.0 Å². The van der Waals surface area contributed by atoms with E-state index in [0.29, 0.717) is 16.5 Å². The second-order valence-electron chi connectivity index (χ2n) is 8.32. The SMILES string of the molecule is Cc1ccc(-c2ccc(/C=C/C(=O)NC(=S)Nc3cc(-c4nn5c(C)nnc5s4)ccc3C)o2)cc1Cl. The van der Waals surface area contributed by atoms with Crippen molar-refractivity contribution in [3.8, 4) is 21.9 Å². The molecular weight excluding hydrogens is 528 g/mol. The summed E-state index contributed by atoms with van der Waals surface area (Å²) in [6.07, 6.45) is 2.95. The van der Waals surface area contributed by atoms with Crippen LogP contribution in [0.1, 0.15) is 22.7 Å². The van der Waals surface area contributed by atoms with Gasteiger partial charge in [0.15, 0.2) is 10.9 Å². The second kappa shape index (κ2) is 10.3. The summed E-state index contributed by atoms with van der Waals surface area (Å²) in [6, 6.07) is 15.2. The summed E-state index contributed by atoms with van der Waals surface area (Å²) >= 11 is 13.0. The van der Waals surface area contributed by atoms with Gasteiger partial charge in [-0.25, -0.2) is 0 Å². The molecule has 1 amide bonds. The highest BCUT2D eigenvalue weighted by molar-refractivity contribution is 7.80. The van der Waals surface area contributed by atoms with Gasteiger partial charge in [0, 0.05) is 27.9 Å². The predicted octanol–water partition coefficient (Wildman–Crippen LogP) is 6.22. The number of hydrogen-bond acceptors (Lipinski definition) is 7. The van der Waals surface area contributed by atoms with E-state index in [1.54, 1.807) is 16.7 Å². The minimum atomic E-state index is -0.383. The number of fused-ring (bicyclic) bond motifs is 1. The zero-order valence-corrected chi connectivity index (χ0v) is 22.5. The first-order valence-corrected chi connectivity index (χ1v) is 12.8. The van der Waals surface area contributed by atoms with Gasteiger partial charge in [0.05, 0.1) is 0 Å². The van der Waals surface area contributed by atoms with Crippen LogP contribution in [-0.2, 0) is 4.79 Å². The van der Waals surface area contributed by atoms with Crippen LogP contribution in [-0.4, -0.2) is 30.8 Å². The Labute approximate surface area is 227 Å². The normalized spacial score (nSPS) is 11.4. The molecule has 0 saturated carbocycles. The number of benzene rings is 2. The highest BCUT2D eigenvalue weighted by Gasteiger charge is 2.13. The molecule has 0 fully saturated rings. The largest absolute Gasteiger partial charge is 0.457 e. The number of aromatic nitrogens is 4. The number of carbonyl (C=O) groups is 1. The van der Waals surface area contributed by atoms with Crippen LogP contribution >= 0.6 is 35.2 Å². The smallest absolute Gasteiger partial charge is 0.250 e. The third-order valence-electron chi connectivity index (χ3n) is 5.60. The van der Waals surface area contributed by atoms with Gasteiger partial charge < -0.3 is 9.73 Å². The zero-order valence-electron chi connectivity index (χ0n) is 20.1. The fraction of sp³-hybridized carbons (Fsp3) is 0.115. The average molecular weight is 549 g/mol. The molecule has 2 N–H and O–H groups in total. The molecule has 0 aliphatic heterocycles. The number of amides is 1. The number of nitrogens with zero attached hydrogens (tertiary/aromatic N) is 4. The fourth-order valence-electron chi connectivity index (χ4n) is 3.53. The maximum absolute atomic E-state index is 12.4. The van der Waals surface area contributed by atoms with Crippen molar-refractivity contribution in [2.45, 2.75) is 20.8 Å². The Bertz CT molecular complexity index is 1680. The highest BCUT2D eigenvalue weighted by Crippen LogP contribution is 2.29. The first-order chi connectivity index (χ1) is 17.8. The van der Waals surface area contributed by atoms with Crippen molar-refractivity contribution in [2.75, 3.05) is 5.32 Å². The van der Waals surface area contributed by atoms with Gasteiger partial charge in [0.2, 0.25) is 10.9 Å². The monoisotopic (exact) mass is 548 g/mol. The minimum absolute atomic E-state index is 0.179. The van der Waals surface area contributed by atoms with Crippen molar-refractivity contribution in [3.63, 3.8) is 0 Å². The van der Waals surface area contributed by atoms with E-state index in [1.807, 2.05) is 63.2 Å². The first-order valence-electron chi connectivity index (χ1n) is 11.2. The lowest BCUT2D eigenvalue weighted by atomic mass is 10.1. The molecule has 0 unspecified atom stereocenters. The molecule has 0 saturated heterocycles. The molecule has 8 nitrogen and oxygen atoms in total. The number of halogens is 1. The summed E-state index contributed by atoms with van der Waals surface area (Å²) in [5.41, 5.74) is 4.49. The van der Waals surface area contributed by atoms with Gasteiger partial charge in [0.25, 0.3) is 0 Å². The number of furan rings is 1. The average Bonchev–Trinajstić information content (AvgIpc) is 3.59. The lowest BCUT2D eigenvalue weighted by Crippen LogP contribution is -2.33. The van der Waals surface area contributed by atoms with E-state index in [0.717, 1.165) is 43.7 Å². The highest BCUT2D eigenvalue weighted by atomic mass is 35.5. The molecule has 0 radical (unpaired) electrons. The Kier molecular flexibility index (Phi) is 6.88. The topological polar surface area (TPSA) is 97.4 Å². The number of thiocarbonyl (C=S) groups is 1. The van der Waals surface area contributed by atoms with Crippen molar-refractivity contribution in [2.24, 2.45) is 0 Å². The Morgan fingerprint density at radius 2 is 1.84 bits per heavy atom. The minimum Gasteiger partial charge on any atom is -0.457 e. The van der Waals surface area contributed by atoms with E-state index >= 15 is 0 Å². The summed E-state index contributed by atoms with van der Waals surface area (Å²) in [7, 11) is 0. The van der Waals surface area contributed by atoms with Gasteiger partial charge in [-0.05, 0) is 74.5 Å². The van der Waals surface area contributed by atoms with Gasteiger partial charge in [0.1, 0.15) is 16.5 Å². The van der Waals surface area contributed by atoms with Crippen molar-refractivity contribution < 1.29 is 9.21 Å². The van der Waals surface area contributed by atoms with E-state index in [4.69, 9.17) is 28.2 Å². The number of aryl methyl sites for hydroxylation is 3. The molecule has 0 atom stereocenters. The molecule has 11 heteroatoms. The Morgan fingerprint density at radius 3 is 2.62 bits per heavy atom. The standard InChI is InChI=1S/C26H21ClN6O2S2/c1-14-4-6-17(12-20(14)27)22-10-8-19(35-22)9-11-23(34)29-25(36)28-21-13-18(7-5-15(21)2)24-32-33-16(3)30-31-26(33)37-24/h4-13H,1-3H3,(H2,28,29,34,36)/b11-9+. The lowest BCUT2D eigenvalue weighted by molar-refractivity contribution is -0.115. The number of carbonyl (C=O) groups excluding carboxylic acids is 1. The number of nitrogens with one attached hydrogen (secondary N) is 2. The molecule has 5 rings (SSSR count). The van der Waals surface area contributed by atoms with E-state index < -0.39 is 0 Å². The van der Waals surface area contributed by atoms with Crippen molar-refractivity contribution in [1.29, 1.82) is 0 Å². The third kappa shape index (κ3) is 5.46. The molecule has 5 aromatic rings. The molecule has 0 aliphatic rings. The van der Waals surface area contributed by atoms with Gasteiger partial charge in [-0.1, -0.05) is 47.2 Å². The Balaban J connectivity index is 1.23. The molecule has 3 aromatic heterocycles. The summed E-state index contributed by atoms with van der Waals surface area (Å²) in [5, 5.41) is 20.1. The van der Waals surface area contributed by atoms with Gasteiger partial charge >= 0.3 is 0 Å². The third-order valence-corrected chi connectivity index (χ3v) is 7.16. The fourth-order valence-corrected chi connectivity index (χ4v) is 4.80. The molecule has 0 spiro atoms. The molecule has 0 bridgehead atoms. The summed E-state index contributed by atoms with van der Waals surface area (Å²) < 4.78 is 7.53. The van der Waals surface area contributed by atoms with Crippen LogP contribution in [0.5, 0.6) is 0 Å². The molecule has 2 aromatic carbocycles. The number of rotatable bonds is 5. The van der Waals surface area contributed by atoms with Gasteiger partial charge in [-0.2, -0.15) is 9.61 Å². The number of hydrogen-bond donors (Lipinski definition) is 2. The molecule has 0 aliphatic carbocycles. The summed E-state index contributed by atoms with van der Waals surface area (Å²) in [6.45, 7) is 5.75. The predicted molar refractivity (Wildman–Crippen MR) is 151 cm³/mol. The number of anilines is 1. The van der Waals surface area contributed by atoms with Crippen LogP contribution in [0.25, 0.3) is 32.9 Å². The van der Waals surface area contributed by atoms with Crippen molar-refractivity contribution >= 4 is 62.9 Å². The second-order valence-corrected chi connectivity index (χ2v) is 10.1. The zero-order chi connectivity index (χ0) is 26.1.